The molecule has 1 saturated carbocycles. The van der Waals surface area contributed by atoms with Crippen LogP contribution in [0.4, 0.5) is 0 Å². The summed E-state index contributed by atoms with van der Waals surface area (Å²) in [6.45, 7) is 3.76. The Kier molecular flexibility index (Phi) is 4.04. The Balaban J connectivity index is 1.68. The summed E-state index contributed by atoms with van der Waals surface area (Å²) in [4.78, 5) is 15.1. The highest BCUT2D eigenvalue weighted by atomic mass is 16.5. The SMILES string of the molecule is NCC1(C(=O)N2CCC3(CCCCC3)C2)CCOCC1. The first kappa shape index (κ1) is 14.3. The van der Waals surface area contributed by atoms with E-state index < -0.39 is 0 Å². The molecule has 3 rings (SSSR count). The second-order valence-corrected chi connectivity index (χ2v) is 7.13. The normalized spacial score (nSPS) is 28.8. The minimum Gasteiger partial charge on any atom is -0.381 e. The summed E-state index contributed by atoms with van der Waals surface area (Å²) in [6.07, 6.45) is 9.49. The smallest absolute Gasteiger partial charge is 0.230 e. The van der Waals surface area contributed by atoms with Gasteiger partial charge >= 0.3 is 0 Å². The second kappa shape index (κ2) is 5.64. The Labute approximate surface area is 122 Å². The molecule has 3 aliphatic rings. The summed E-state index contributed by atoms with van der Waals surface area (Å²) >= 11 is 0. The molecule has 3 fully saturated rings. The number of amides is 1. The summed E-state index contributed by atoms with van der Waals surface area (Å²) in [5, 5.41) is 0. The highest BCUT2D eigenvalue weighted by Crippen LogP contribution is 2.45. The van der Waals surface area contributed by atoms with E-state index in [1.54, 1.807) is 0 Å². The molecule has 1 aliphatic carbocycles. The molecule has 1 amide bonds. The van der Waals surface area contributed by atoms with Crippen molar-refractivity contribution in [3.63, 3.8) is 0 Å². The molecule has 0 aromatic heterocycles. The molecule has 2 heterocycles. The number of hydrogen-bond donors (Lipinski definition) is 1. The minimum atomic E-state index is -0.335. The molecule has 20 heavy (non-hydrogen) atoms. The first-order valence-corrected chi connectivity index (χ1v) is 8.27. The highest BCUT2D eigenvalue weighted by Gasteiger charge is 2.47. The zero-order valence-corrected chi connectivity index (χ0v) is 12.5. The number of ether oxygens (including phenoxy) is 1. The third kappa shape index (κ3) is 2.48. The average Bonchev–Trinajstić information content (AvgIpc) is 2.91. The van der Waals surface area contributed by atoms with E-state index in [4.69, 9.17) is 10.5 Å². The fourth-order valence-corrected chi connectivity index (χ4v) is 4.42. The summed E-state index contributed by atoms with van der Waals surface area (Å²) in [6, 6.07) is 0. The summed E-state index contributed by atoms with van der Waals surface area (Å²) in [7, 11) is 0. The van der Waals surface area contributed by atoms with Crippen LogP contribution in [0.2, 0.25) is 0 Å². The molecule has 0 radical (unpaired) electrons. The Bertz CT molecular complexity index is 357. The number of rotatable bonds is 2. The minimum absolute atomic E-state index is 0.311. The van der Waals surface area contributed by atoms with E-state index in [9.17, 15) is 4.79 Å². The molecule has 4 heteroatoms. The van der Waals surface area contributed by atoms with Crippen LogP contribution in [0, 0.1) is 10.8 Å². The van der Waals surface area contributed by atoms with Crippen LogP contribution < -0.4 is 5.73 Å². The van der Waals surface area contributed by atoms with Gasteiger partial charge in [-0.25, -0.2) is 0 Å². The van der Waals surface area contributed by atoms with E-state index >= 15 is 0 Å². The van der Waals surface area contributed by atoms with Crippen molar-refractivity contribution in [2.75, 3.05) is 32.8 Å². The molecule has 0 unspecified atom stereocenters. The first-order chi connectivity index (χ1) is 9.70. The Morgan fingerprint density at radius 3 is 2.40 bits per heavy atom. The van der Waals surface area contributed by atoms with Crippen molar-refractivity contribution in [2.24, 2.45) is 16.6 Å². The van der Waals surface area contributed by atoms with Crippen LogP contribution in [0.25, 0.3) is 0 Å². The second-order valence-electron chi connectivity index (χ2n) is 7.13. The molecule has 4 nitrogen and oxygen atoms in total. The molecule has 1 spiro atoms. The average molecular weight is 280 g/mol. The Morgan fingerprint density at radius 2 is 1.75 bits per heavy atom. The van der Waals surface area contributed by atoms with Crippen molar-refractivity contribution in [2.45, 2.75) is 51.4 Å². The van der Waals surface area contributed by atoms with Gasteiger partial charge in [0.05, 0.1) is 5.41 Å². The third-order valence-corrected chi connectivity index (χ3v) is 5.93. The number of hydrogen-bond acceptors (Lipinski definition) is 3. The highest BCUT2D eigenvalue weighted by molar-refractivity contribution is 5.83. The molecular formula is C16H28N2O2. The van der Waals surface area contributed by atoms with Crippen LogP contribution in [-0.4, -0.2) is 43.7 Å². The van der Waals surface area contributed by atoms with Gasteiger partial charge in [-0.05, 0) is 37.5 Å². The molecule has 0 aromatic rings. The van der Waals surface area contributed by atoms with Crippen LogP contribution in [0.1, 0.15) is 51.4 Å². The first-order valence-electron chi connectivity index (χ1n) is 8.27. The van der Waals surface area contributed by atoms with E-state index in [0.717, 1.165) is 25.9 Å². The zero-order valence-electron chi connectivity index (χ0n) is 12.5. The molecule has 0 atom stereocenters. The van der Waals surface area contributed by atoms with Gasteiger partial charge in [-0.15, -0.1) is 0 Å². The quantitative estimate of drug-likeness (QED) is 0.841. The van der Waals surface area contributed by atoms with Crippen molar-refractivity contribution in [1.82, 2.24) is 4.90 Å². The van der Waals surface area contributed by atoms with Gasteiger partial charge in [-0.1, -0.05) is 19.3 Å². The fourth-order valence-electron chi connectivity index (χ4n) is 4.42. The topological polar surface area (TPSA) is 55.6 Å². The summed E-state index contributed by atoms with van der Waals surface area (Å²) < 4.78 is 5.42. The van der Waals surface area contributed by atoms with Gasteiger partial charge in [-0.2, -0.15) is 0 Å². The summed E-state index contributed by atoms with van der Waals surface area (Å²) in [5.41, 5.74) is 6.08. The van der Waals surface area contributed by atoms with E-state index in [0.29, 0.717) is 31.1 Å². The predicted octanol–water partition coefficient (Wildman–Crippen LogP) is 1.92. The molecule has 2 aliphatic heterocycles. The van der Waals surface area contributed by atoms with E-state index in [-0.39, 0.29) is 5.41 Å². The van der Waals surface area contributed by atoms with E-state index in [2.05, 4.69) is 4.90 Å². The van der Waals surface area contributed by atoms with Crippen molar-refractivity contribution in [3.05, 3.63) is 0 Å². The van der Waals surface area contributed by atoms with Gasteiger partial charge in [0.2, 0.25) is 5.91 Å². The lowest BCUT2D eigenvalue weighted by atomic mass is 9.73. The van der Waals surface area contributed by atoms with Crippen LogP contribution in [-0.2, 0) is 9.53 Å². The lowest BCUT2D eigenvalue weighted by Gasteiger charge is -2.39. The maximum atomic E-state index is 13.0. The van der Waals surface area contributed by atoms with Crippen molar-refractivity contribution < 1.29 is 9.53 Å². The maximum absolute atomic E-state index is 13.0. The van der Waals surface area contributed by atoms with Gasteiger partial charge in [0.25, 0.3) is 0 Å². The van der Waals surface area contributed by atoms with Crippen molar-refractivity contribution in [1.29, 1.82) is 0 Å². The lowest BCUT2D eigenvalue weighted by Crippen LogP contribution is -2.50. The van der Waals surface area contributed by atoms with Gasteiger partial charge in [-0.3, -0.25) is 4.79 Å². The number of nitrogens with zero attached hydrogens (tertiary/aromatic N) is 1. The number of likely N-dealkylation sites (tertiary alicyclic amines) is 1. The van der Waals surface area contributed by atoms with Gasteiger partial charge in [0.15, 0.2) is 0 Å². The van der Waals surface area contributed by atoms with Crippen LogP contribution in [0.15, 0.2) is 0 Å². The van der Waals surface area contributed by atoms with E-state index in [1.165, 1.54) is 38.5 Å². The standard InChI is InChI=1S/C16H28N2O2/c17-12-16(7-10-20-11-8-16)14(19)18-9-6-15(13-18)4-2-1-3-5-15/h1-13,17H2. The molecule has 114 valence electrons. The zero-order chi connectivity index (χ0) is 14.1. The lowest BCUT2D eigenvalue weighted by molar-refractivity contribution is -0.146. The Hall–Kier alpha value is -0.610. The monoisotopic (exact) mass is 280 g/mol. The van der Waals surface area contributed by atoms with Crippen molar-refractivity contribution in [3.8, 4) is 0 Å². The van der Waals surface area contributed by atoms with Crippen LogP contribution in [0.5, 0.6) is 0 Å². The number of nitrogens with two attached hydrogens (primary N) is 1. The van der Waals surface area contributed by atoms with Gasteiger partial charge in [0.1, 0.15) is 0 Å². The fraction of sp³-hybridized carbons (Fsp3) is 0.938. The molecule has 0 bridgehead atoms. The van der Waals surface area contributed by atoms with Crippen LogP contribution in [0.3, 0.4) is 0 Å². The van der Waals surface area contributed by atoms with Gasteiger partial charge in [0, 0.05) is 32.8 Å². The van der Waals surface area contributed by atoms with Crippen LogP contribution >= 0.6 is 0 Å². The Morgan fingerprint density at radius 1 is 1.05 bits per heavy atom. The van der Waals surface area contributed by atoms with E-state index in [1.807, 2.05) is 0 Å². The summed E-state index contributed by atoms with van der Waals surface area (Å²) in [5.74, 6) is 0.311. The molecular weight excluding hydrogens is 252 g/mol. The predicted molar refractivity (Wildman–Crippen MR) is 78.3 cm³/mol. The molecule has 2 saturated heterocycles. The maximum Gasteiger partial charge on any atom is 0.230 e. The molecule has 0 aromatic carbocycles. The largest absolute Gasteiger partial charge is 0.381 e. The number of carbonyl (C=O) groups excluding carboxylic acids is 1. The third-order valence-electron chi connectivity index (χ3n) is 5.93. The van der Waals surface area contributed by atoms with Crippen molar-refractivity contribution >= 4 is 5.91 Å². The number of carbonyl (C=O) groups is 1. The van der Waals surface area contributed by atoms with Gasteiger partial charge < -0.3 is 15.4 Å². The molecule has 2 N–H and O–H groups in total.